The van der Waals surface area contributed by atoms with Gasteiger partial charge in [0.2, 0.25) is 0 Å². The first-order chi connectivity index (χ1) is 8.29. The van der Waals surface area contributed by atoms with Gasteiger partial charge in [-0.3, -0.25) is 0 Å². The first-order valence-corrected chi connectivity index (χ1v) is 7.11. The number of hydrogen-bond donors (Lipinski definition) is 1. The molecule has 1 saturated carbocycles. The number of rotatable bonds is 3. The van der Waals surface area contributed by atoms with Crippen molar-refractivity contribution in [3.05, 3.63) is 29.8 Å². The van der Waals surface area contributed by atoms with Crippen LogP contribution in [0.3, 0.4) is 0 Å². The molecule has 1 N–H and O–H groups in total. The molecule has 1 aromatic rings. The van der Waals surface area contributed by atoms with Crippen LogP contribution in [0.5, 0.6) is 0 Å². The second-order valence-electron chi connectivity index (χ2n) is 5.44. The van der Waals surface area contributed by atoms with Crippen LogP contribution in [0, 0.1) is 12.8 Å². The zero-order valence-corrected chi connectivity index (χ0v) is 11.2. The molecule has 0 spiro atoms. The van der Waals surface area contributed by atoms with E-state index in [2.05, 4.69) is 43.4 Å². The molecule has 17 heavy (non-hydrogen) atoms. The van der Waals surface area contributed by atoms with Crippen molar-refractivity contribution < 1.29 is 0 Å². The molecule has 0 saturated heterocycles. The van der Waals surface area contributed by atoms with Gasteiger partial charge in [-0.2, -0.15) is 0 Å². The maximum absolute atomic E-state index is 3.73. The van der Waals surface area contributed by atoms with E-state index < -0.39 is 0 Å². The van der Waals surface area contributed by atoms with Crippen LogP contribution >= 0.6 is 0 Å². The third-order valence-electron chi connectivity index (χ3n) is 4.17. The fourth-order valence-electron chi connectivity index (χ4n) is 2.89. The molecule has 1 aromatic carbocycles. The van der Waals surface area contributed by atoms with Gasteiger partial charge in [-0.25, -0.2) is 0 Å². The van der Waals surface area contributed by atoms with Crippen molar-refractivity contribution >= 4 is 5.69 Å². The molecular formula is C16H25N. The fraction of sp³-hybridized carbons (Fsp3) is 0.625. The number of para-hydroxylation sites is 1. The van der Waals surface area contributed by atoms with Gasteiger partial charge in [-0.05, 0) is 43.7 Å². The Bertz CT molecular complexity index is 345. The van der Waals surface area contributed by atoms with E-state index in [0.717, 1.165) is 5.92 Å². The fourth-order valence-corrected chi connectivity index (χ4v) is 2.89. The van der Waals surface area contributed by atoms with Crippen molar-refractivity contribution in [2.75, 3.05) is 5.32 Å². The molecule has 0 heterocycles. The second kappa shape index (κ2) is 6.09. The lowest BCUT2D eigenvalue weighted by Crippen LogP contribution is -2.19. The van der Waals surface area contributed by atoms with Crippen molar-refractivity contribution in [1.29, 1.82) is 0 Å². The maximum atomic E-state index is 3.73. The van der Waals surface area contributed by atoms with Crippen molar-refractivity contribution in [1.82, 2.24) is 0 Å². The molecule has 0 aromatic heterocycles. The Morgan fingerprint density at radius 1 is 1.12 bits per heavy atom. The topological polar surface area (TPSA) is 12.0 Å². The SMILES string of the molecule is CCC1CCCC(Nc2ccccc2C)CC1. The first kappa shape index (κ1) is 12.5. The molecule has 0 amide bonds. The van der Waals surface area contributed by atoms with Gasteiger partial charge in [0.05, 0.1) is 0 Å². The summed E-state index contributed by atoms with van der Waals surface area (Å²) in [7, 11) is 0. The van der Waals surface area contributed by atoms with E-state index in [0.29, 0.717) is 6.04 Å². The highest BCUT2D eigenvalue weighted by Crippen LogP contribution is 2.27. The lowest BCUT2D eigenvalue weighted by atomic mass is 9.98. The second-order valence-corrected chi connectivity index (χ2v) is 5.44. The molecular weight excluding hydrogens is 206 g/mol. The number of hydrogen-bond acceptors (Lipinski definition) is 1. The summed E-state index contributed by atoms with van der Waals surface area (Å²) in [4.78, 5) is 0. The Morgan fingerprint density at radius 2 is 1.94 bits per heavy atom. The summed E-state index contributed by atoms with van der Waals surface area (Å²) >= 11 is 0. The lowest BCUT2D eigenvalue weighted by Gasteiger charge is -2.19. The van der Waals surface area contributed by atoms with Gasteiger partial charge in [0.25, 0.3) is 0 Å². The van der Waals surface area contributed by atoms with Crippen LogP contribution in [-0.2, 0) is 0 Å². The molecule has 1 heteroatoms. The predicted molar refractivity (Wildman–Crippen MR) is 75.5 cm³/mol. The molecule has 1 fully saturated rings. The van der Waals surface area contributed by atoms with E-state index >= 15 is 0 Å². The van der Waals surface area contributed by atoms with Crippen LogP contribution in [0.15, 0.2) is 24.3 Å². The predicted octanol–water partition coefficient (Wildman–Crippen LogP) is 4.77. The smallest absolute Gasteiger partial charge is 0.0372 e. The molecule has 2 unspecified atom stereocenters. The normalized spacial score (nSPS) is 25.3. The standard InChI is InChI=1S/C16H25N/c1-3-14-8-6-9-15(12-11-14)17-16-10-5-4-7-13(16)2/h4-5,7,10,14-15,17H,3,6,8-9,11-12H2,1-2H3. The minimum absolute atomic E-state index is 0.688. The monoisotopic (exact) mass is 231 g/mol. The van der Waals surface area contributed by atoms with Crippen LogP contribution in [0.25, 0.3) is 0 Å². The van der Waals surface area contributed by atoms with Gasteiger partial charge in [0, 0.05) is 11.7 Å². The van der Waals surface area contributed by atoms with Crippen LogP contribution in [-0.4, -0.2) is 6.04 Å². The van der Waals surface area contributed by atoms with Gasteiger partial charge >= 0.3 is 0 Å². The molecule has 1 nitrogen and oxygen atoms in total. The van der Waals surface area contributed by atoms with Gasteiger partial charge in [0.1, 0.15) is 0 Å². The molecule has 1 aliphatic carbocycles. The van der Waals surface area contributed by atoms with Crippen molar-refractivity contribution in [3.63, 3.8) is 0 Å². The van der Waals surface area contributed by atoms with Crippen LogP contribution in [0.2, 0.25) is 0 Å². The highest BCUT2D eigenvalue weighted by molar-refractivity contribution is 5.50. The summed E-state index contributed by atoms with van der Waals surface area (Å²) in [6.07, 6.45) is 8.26. The van der Waals surface area contributed by atoms with E-state index in [1.807, 2.05) is 0 Å². The molecule has 0 radical (unpaired) electrons. The highest BCUT2D eigenvalue weighted by Gasteiger charge is 2.17. The number of aryl methyl sites for hydroxylation is 1. The molecule has 94 valence electrons. The number of benzene rings is 1. The molecule has 0 bridgehead atoms. The minimum atomic E-state index is 0.688. The van der Waals surface area contributed by atoms with Crippen molar-refractivity contribution in [2.24, 2.45) is 5.92 Å². The molecule has 2 rings (SSSR count). The van der Waals surface area contributed by atoms with Gasteiger partial charge in [-0.1, -0.05) is 44.4 Å². The van der Waals surface area contributed by atoms with Crippen LogP contribution in [0.4, 0.5) is 5.69 Å². The summed E-state index contributed by atoms with van der Waals surface area (Å²) in [5.41, 5.74) is 2.69. The van der Waals surface area contributed by atoms with Gasteiger partial charge < -0.3 is 5.32 Å². The van der Waals surface area contributed by atoms with Crippen LogP contribution < -0.4 is 5.32 Å². The third-order valence-corrected chi connectivity index (χ3v) is 4.17. The van der Waals surface area contributed by atoms with E-state index in [1.54, 1.807) is 0 Å². The van der Waals surface area contributed by atoms with E-state index in [4.69, 9.17) is 0 Å². The Morgan fingerprint density at radius 3 is 2.71 bits per heavy atom. The Labute approximate surface area is 106 Å². The highest BCUT2D eigenvalue weighted by atomic mass is 14.9. The summed E-state index contributed by atoms with van der Waals surface area (Å²) in [6, 6.07) is 9.32. The third kappa shape index (κ3) is 3.49. The Kier molecular flexibility index (Phi) is 4.47. The maximum Gasteiger partial charge on any atom is 0.0372 e. The summed E-state index contributed by atoms with van der Waals surface area (Å²) in [5.74, 6) is 0.971. The Hall–Kier alpha value is -0.980. The summed E-state index contributed by atoms with van der Waals surface area (Å²) < 4.78 is 0. The average molecular weight is 231 g/mol. The average Bonchev–Trinajstić information content (AvgIpc) is 2.57. The quantitative estimate of drug-likeness (QED) is 0.739. The Balaban J connectivity index is 1.93. The van der Waals surface area contributed by atoms with Crippen molar-refractivity contribution in [2.45, 2.75) is 58.4 Å². The van der Waals surface area contributed by atoms with Gasteiger partial charge in [0.15, 0.2) is 0 Å². The van der Waals surface area contributed by atoms with Crippen molar-refractivity contribution in [3.8, 4) is 0 Å². The lowest BCUT2D eigenvalue weighted by molar-refractivity contribution is 0.444. The zero-order chi connectivity index (χ0) is 12.1. The van der Waals surface area contributed by atoms with Crippen LogP contribution in [0.1, 0.15) is 51.0 Å². The summed E-state index contributed by atoms with van der Waals surface area (Å²) in [5, 5.41) is 3.73. The summed E-state index contributed by atoms with van der Waals surface area (Å²) in [6.45, 7) is 4.52. The van der Waals surface area contributed by atoms with E-state index in [-0.39, 0.29) is 0 Å². The zero-order valence-electron chi connectivity index (χ0n) is 11.2. The number of anilines is 1. The minimum Gasteiger partial charge on any atom is -0.382 e. The molecule has 1 aliphatic rings. The van der Waals surface area contributed by atoms with E-state index in [9.17, 15) is 0 Å². The van der Waals surface area contributed by atoms with E-state index in [1.165, 1.54) is 49.8 Å². The first-order valence-electron chi connectivity index (χ1n) is 7.11. The molecule has 0 aliphatic heterocycles. The molecule has 2 atom stereocenters. The number of nitrogens with one attached hydrogen (secondary N) is 1. The van der Waals surface area contributed by atoms with Gasteiger partial charge in [-0.15, -0.1) is 0 Å². The largest absolute Gasteiger partial charge is 0.382 e.